The molecule has 0 atom stereocenters. The van der Waals surface area contributed by atoms with Gasteiger partial charge in [-0.3, -0.25) is 0 Å². The molecule has 20 heavy (non-hydrogen) atoms. The summed E-state index contributed by atoms with van der Waals surface area (Å²) in [7, 11) is 0. The fraction of sp³-hybridized carbons (Fsp3) is 0.0833. The molecule has 0 saturated carbocycles. The quantitative estimate of drug-likeness (QED) is 0.670. The molecule has 4 nitrogen and oxygen atoms in total. The summed E-state index contributed by atoms with van der Waals surface area (Å²) in [4.78, 5) is 4.69. The fourth-order valence-corrected chi connectivity index (χ4v) is 3.24. The van der Waals surface area contributed by atoms with E-state index in [2.05, 4.69) is 4.99 Å². The second-order valence-electron chi connectivity index (χ2n) is 3.93. The highest BCUT2D eigenvalue weighted by molar-refractivity contribution is 7.93. The largest absolute Gasteiger partial charge is 0.389 e. The van der Waals surface area contributed by atoms with Crippen molar-refractivity contribution < 1.29 is 3.89 Å². The van der Waals surface area contributed by atoms with Crippen LogP contribution in [0.2, 0.25) is 0 Å². The Morgan fingerprint density at radius 1 is 1.45 bits per heavy atom. The molecule has 0 aliphatic rings. The van der Waals surface area contributed by atoms with Gasteiger partial charge in [-0.1, -0.05) is 35.1 Å². The van der Waals surface area contributed by atoms with E-state index in [1.54, 1.807) is 6.92 Å². The van der Waals surface area contributed by atoms with Crippen LogP contribution in [0.15, 0.2) is 51.9 Å². The molecule has 0 unspecified atom stereocenters. The molecule has 8 heteroatoms. The normalized spacial score (nSPS) is 14.8. The van der Waals surface area contributed by atoms with Crippen molar-refractivity contribution >= 4 is 45.5 Å². The highest BCUT2D eigenvalue weighted by Crippen LogP contribution is 2.21. The van der Waals surface area contributed by atoms with E-state index in [9.17, 15) is 3.89 Å². The van der Waals surface area contributed by atoms with E-state index in [0.29, 0.717) is 10.4 Å². The molecule has 0 aliphatic heterocycles. The number of aromatic nitrogens is 1. The molecular weight excluding hydrogens is 319 g/mol. The topological polar surface area (TPSA) is 69.3 Å². The van der Waals surface area contributed by atoms with Crippen molar-refractivity contribution in [2.24, 2.45) is 16.5 Å². The lowest BCUT2D eigenvalue weighted by Gasteiger charge is -1.98. The molecule has 4 N–H and O–H groups in total. The van der Waals surface area contributed by atoms with Gasteiger partial charge in [-0.05, 0) is 30.7 Å². The molecule has 0 amide bonds. The average Bonchev–Trinajstić information content (AvgIpc) is 2.74. The molecule has 0 bridgehead atoms. The number of allylic oxidation sites excluding steroid dienone is 2. The Bertz CT molecular complexity index is 756. The maximum atomic E-state index is 13.1. The zero-order valence-corrected chi connectivity index (χ0v) is 12.9. The number of thiazole rings is 1. The van der Waals surface area contributed by atoms with Crippen LogP contribution in [-0.4, -0.2) is 3.97 Å². The molecule has 0 saturated heterocycles. The van der Waals surface area contributed by atoms with Crippen LogP contribution < -0.4 is 16.3 Å². The zero-order valence-electron chi connectivity index (χ0n) is 10.5. The Kier molecular flexibility index (Phi) is 4.74. The Morgan fingerprint density at radius 2 is 2.15 bits per heavy atom. The zero-order chi connectivity index (χ0) is 14.7. The molecule has 0 aliphatic carbocycles. The van der Waals surface area contributed by atoms with Gasteiger partial charge in [0.05, 0.1) is 15.4 Å². The molecule has 106 valence electrons. The first-order valence-electron chi connectivity index (χ1n) is 5.56. The highest BCUT2D eigenvalue weighted by atomic mass is 35.5. The van der Waals surface area contributed by atoms with Gasteiger partial charge >= 0.3 is 0 Å². The van der Waals surface area contributed by atoms with Crippen LogP contribution in [-0.2, 0) is 0 Å². The predicted molar refractivity (Wildman–Crippen MR) is 84.5 cm³/mol. The van der Waals surface area contributed by atoms with Crippen LogP contribution >= 0.6 is 35.3 Å². The van der Waals surface area contributed by atoms with E-state index in [0.717, 1.165) is 10.2 Å². The van der Waals surface area contributed by atoms with Crippen molar-refractivity contribution in [3.63, 3.8) is 0 Å². The van der Waals surface area contributed by atoms with Crippen LogP contribution in [0.4, 0.5) is 3.89 Å². The summed E-state index contributed by atoms with van der Waals surface area (Å²) in [5.74, 6) is 0.239. The van der Waals surface area contributed by atoms with Crippen LogP contribution in [0.25, 0.3) is 10.2 Å². The summed E-state index contributed by atoms with van der Waals surface area (Å²) in [6, 6.07) is 7.44. The molecule has 1 aromatic heterocycles. The molecule has 1 heterocycles. The Hall–Kier alpha value is -1.44. The van der Waals surface area contributed by atoms with Gasteiger partial charge in [0.25, 0.3) is 0 Å². The number of benzene rings is 1. The molecule has 2 aromatic rings. The Morgan fingerprint density at radius 3 is 2.80 bits per heavy atom. The number of hydrogen-bond donors (Lipinski definition) is 2. The summed E-state index contributed by atoms with van der Waals surface area (Å²) in [6.45, 7) is 1.73. The van der Waals surface area contributed by atoms with Gasteiger partial charge < -0.3 is 11.5 Å². The SMILES string of the molecule is CC(/C=C(\N)Cl)=C(N)\N=c1/sc2ccccc2n1SF. The lowest BCUT2D eigenvalue weighted by atomic mass is 10.3. The summed E-state index contributed by atoms with van der Waals surface area (Å²) in [6.07, 6.45) is 1.50. The van der Waals surface area contributed by atoms with Crippen LogP contribution in [0.1, 0.15) is 6.92 Å². The number of nitrogens with two attached hydrogens (primary N) is 2. The molecule has 0 spiro atoms. The van der Waals surface area contributed by atoms with Crippen LogP contribution in [0.5, 0.6) is 0 Å². The summed E-state index contributed by atoms with van der Waals surface area (Å²) in [5.41, 5.74) is 12.6. The first-order chi connectivity index (χ1) is 9.52. The van der Waals surface area contributed by atoms with Crippen molar-refractivity contribution in [1.29, 1.82) is 0 Å². The van der Waals surface area contributed by atoms with Gasteiger partial charge in [0.1, 0.15) is 5.82 Å². The number of rotatable bonds is 3. The number of nitrogens with zero attached hydrogens (tertiary/aromatic N) is 2. The second kappa shape index (κ2) is 6.34. The Labute approximate surface area is 128 Å². The number of para-hydroxylation sites is 1. The fourth-order valence-electron chi connectivity index (χ4n) is 1.56. The maximum absolute atomic E-state index is 13.1. The number of hydrogen-bond acceptors (Lipinski definition) is 5. The smallest absolute Gasteiger partial charge is 0.204 e. The maximum Gasteiger partial charge on any atom is 0.204 e. The molecule has 1 aromatic carbocycles. The van der Waals surface area contributed by atoms with Crippen molar-refractivity contribution in [3.05, 3.63) is 51.7 Å². The van der Waals surface area contributed by atoms with E-state index >= 15 is 0 Å². The first kappa shape index (κ1) is 15.0. The molecule has 0 fully saturated rings. The van der Waals surface area contributed by atoms with Crippen molar-refractivity contribution in [2.45, 2.75) is 6.92 Å². The third-order valence-corrected chi connectivity index (χ3v) is 4.26. The highest BCUT2D eigenvalue weighted by Gasteiger charge is 2.06. The minimum absolute atomic E-state index is 0.0882. The van der Waals surface area contributed by atoms with Gasteiger partial charge in [-0.25, -0.2) is 8.96 Å². The number of halogens is 2. The number of fused-ring (bicyclic) bond motifs is 1. The van der Waals surface area contributed by atoms with E-state index in [4.69, 9.17) is 23.1 Å². The van der Waals surface area contributed by atoms with Crippen LogP contribution in [0, 0.1) is 0 Å². The first-order valence-corrected chi connectivity index (χ1v) is 7.43. The van der Waals surface area contributed by atoms with E-state index in [1.807, 2.05) is 24.3 Å². The van der Waals surface area contributed by atoms with Gasteiger partial charge in [0.15, 0.2) is 12.3 Å². The molecule has 2 rings (SSSR count). The van der Waals surface area contributed by atoms with Gasteiger partial charge in [0, 0.05) is 0 Å². The monoisotopic (exact) mass is 330 g/mol. The third kappa shape index (κ3) is 3.17. The predicted octanol–water partition coefficient (Wildman–Crippen LogP) is 3.21. The van der Waals surface area contributed by atoms with Crippen molar-refractivity contribution in [2.75, 3.05) is 0 Å². The molecular formula is C12H12ClFN4S2. The third-order valence-electron chi connectivity index (χ3n) is 2.50. The van der Waals surface area contributed by atoms with Crippen molar-refractivity contribution in [3.8, 4) is 0 Å². The van der Waals surface area contributed by atoms with E-state index in [-0.39, 0.29) is 23.3 Å². The van der Waals surface area contributed by atoms with E-state index < -0.39 is 0 Å². The lowest BCUT2D eigenvalue weighted by molar-refractivity contribution is 0.912. The van der Waals surface area contributed by atoms with Crippen molar-refractivity contribution in [1.82, 2.24) is 3.97 Å². The second-order valence-corrected chi connectivity index (χ2v) is 5.87. The minimum Gasteiger partial charge on any atom is -0.389 e. The minimum atomic E-state index is 0.0882. The van der Waals surface area contributed by atoms with Gasteiger partial charge in [-0.15, -0.1) is 3.89 Å². The van der Waals surface area contributed by atoms with E-state index in [1.165, 1.54) is 21.4 Å². The van der Waals surface area contributed by atoms with Gasteiger partial charge in [-0.2, -0.15) is 0 Å². The summed E-state index contributed by atoms with van der Waals surface area (Å²) < 4.78 is 15.4. The lowest BCUT2D eigenvalue weighted by Crippen LogP contribution is -2.11. The van der Waals surface area contributed by atoms with Crippen LogP contribution in [0.3, 0.4) is 0 Å². The van der Waals surface area contributed by atoms with Gasteiger partial charge in [0.2, 0.25) is 4.80 Å². The Balaban J connectivity index is 2.63. The summed E-state index contributed by atoms with van der Waals surface area (Å²) >= 11 is 7.02. The summed E-state index contributed by atoms with van der Waals surface area (Å²) in [5, 5.41) is 0.115. The standard InChI is InChI=1S/C12H12ClFN4S2/c1-7(6-10(13)15)11(16)17-12-18(20-14)8-4-2-3-5-9(8)19-12/h2-6H,15-16H2,1H3/b10-6-,11-7+,17-12-. The molecule has 0 radical (unpaired) electrons. The average molecular weight is 331 g/mol.